The lowest BCUT2D eigenvalue weighted by atomic mass is 10.0. The van der Waals surface area contributed by atoms with Gasteiger partial charge in [0.25, 0.3) is 0 Å². The van der Waals surface area contributed by atoms with Gasteiger partial charge in [0, 0.05) is 12.1 Å². The smallest absolute Gasteiger partial charge is 0.0210 e. The van der Waals surface area contributed by atoms with Crippen molar-refractivity contribution in [3.63, 3.8) is 0 Å². The Morgan fingerprint density at radius 3 is 2.76 bits per heavy atom. The summed E-state index contributed by atoms with van der Waals surface area (Å²) in [6.07, 6.45) is 14.3. The predicted octanol–water partition coefficient (Wildman–Crippen LogP) is 4.15. The van der Waals surface area contributed by atoms with Crippen molar-refractivity contribution in [2.75, 3.05) is 6.54 Å². The highest BCUT2D eigenvalue weighted by molar-refractivity contribution is 5.38. The van der Waals surface area contributed by atoms with Crippen LogP contribution in [0.3, 0.4) is 0 Å². The molecule has 0 aromatic heterocycles. The van der Waals surface area contributed by atoms with Crippen LogP contribution < -0.4 is 5.32 Å². The van der Waals surface area contributed by atoms with Crippen molar-refractivity contribution in [2.45, 2.75) is 45.6 Å². The van der Waals surface area contributed by atoms with Crippen molar-refractivity contribution in [1.29, 1.82) is 0 Å². The summed E-state index contributed by atoms with van der Waals surface area (Å²) in [5.74, 6) is 0. The van der Waals surface area contributed by atoms with Gasteiger partial charge in [-0.15, -0.1) is 0 Å². The Bertz CT molecular complexity index is 343. The van der Waals surface area contributed by atoms with Crippen LogP contribution in [-0.2, 0) is 0 Å². The highest BCUT2D eigenvalue weighted by atomic mass is 14.9. The molecule has 0 fully saturated rings. The van der Waals surface area contributed by atoms with Crippen LogP contribution in [-0.4, -0.2) is 12.1 Å². The minimum Gasteiger partial charge on any atom is -0.308 e. The molecule has 0 saturated carbocycles. The van der Waals surface area contributed by atoms with E-state index < -0.39 is 0 Å². The largest absolute Gasteiger partial charge is 0.308 e. The third-order valence-electron chi connectivity index (χ3n) is 3.29. The molecular formula is C16H25N. The Morgan fingerprint density at radius 2 is 2.24 bits per heavy atom. The Kier molecular flexibility index (Phi) is 5.43. The van der Waals surface area contributed by atoms with Gasteiger partial charge in [0.05, 0.1) is 0 Å². The topological polar surface area (TPSA) is 12.0 Å². The van der Waals surface area contributed by atoms with Gasteiger partial charge in [0.2, 0.25) is 0 Å². The summed E-state index contributed by atoms with van der Waals surface area (Å²) in [6.45, 7) is 11.4. The first-order valence-corrected chi connectivity index (χ1v) is 6.52. The van der Waals surface area contributed by atoms with Gasteiger partial charge in [-0.1, -0.05) is 43.9 Å². The number of nitrogens with one attached hydrogen (secondary N) is 1. The van der Waals surface area contributed by atoms with E-state index in [4.69, 9.17) is 0 Å². The van der Waals surface area contributed by atoms with Crippen molar-refractivity contribution in [1.82, 2.24) is 5.32 Å². The van der Waals surface area contributed by atoms with Gasteiger partial charge in [-0.25, -0.2) is 0 Å². The molecule has 1 heteroatoms. The molecule has 0 radical (unpaired) electrons. The minimum atomic E-state index is 0.193. The average molecular weight is 231 g/mol. The molecule has 1 aliphatic rings. The zero-order chi connectivity index (χ0) is 12.7. The maximum atomic E-state index is 3.89. The fraction of sp³-hybridized carbons (Fsp3) is 0.500. The molecule has 0 aliphatic heterocycles. The molecule has 0 amide bonds. The van der Waals surface area contributed by atoms with Gasteiger partial charge in [-0.05, 0) is 44.3 Å². The van der Waals surface area contributed by atoms with E-state index in [1.807, 2.05) is 6.08 Å². The standard InChI is InChI=1S/C16H25N/c1-5-14(13-17-16(3,4)6-2)12-15-10-8-7-9-11-15/h5,8,10-12,17H,1,6-7,9,13H2,2-4H3/b14-12-. The van der Waals surface area contributed by atoms with Crippen molar-refractivity contribution in [2.24, 2.45) is 0 Å². The van der Waals surface area contributed by atoms with Crippen LogP contribution >= 0.6 is 0 Å². The first kappa shape index (κ1) is 14.0. The second-order valence-corrected chi connectivity index (χ2v) is 5.20. The fourth-order valence-electron chi connectivity index (χ4n) is 1.60. The summed E-state index contributed by atoms with van der Waals surface area (Å²) in [4.78, 5) is 0. The Hall–Kier alpha value is -1.08. The van der Waals surface area contributed by atoms with Gasteiger partial charge < -0.3 is 5.32 Å². The van der Waals surface area contributed by atoms with E-state index in [1.165, 1.54) is 17.6 Å². The summed E-state index contributed by atoms with van der Waals surface area (Å²) in [6, 6.07) is 0. The summed E-state index contributed by atoms with van der Waals surface area (Å²) in [5.41, 5.74) is 2.75. The number of rotatable bonds is 6. The lowest BCUT2D eigenvalue weighted by Gasteiger charge is -2.25. The molecule has 17 heavy (non-hydrogen) atoms. The van der Waals surface area contributed by atoms with Crippen LogP contribution in [0.5, 0.6) is 0 Å². The second kappa shape index (κ2) is 6.61. The Labute approximate surface area is 106 Å². The molecule has 0 unspecified atom stereocenters. The van der Waals surface area contributed by atoms with Gasteiger partial charge >= 0.3 is 0 Å². The highest BCUT2D eigenvalue weighted by Gasteiger charge is 2.13. The van der Waals surface area contributed by atoms with Crippen molar-refractivity contribution < 1.29 is 0 Å². The van der Waals surface area contributed by atoms with Crippen LogP contribution in [0.25, 0.3) is 0 Å². The minimum absolute atomic E-state index is 0.193. The molecule has 1 nitrogen and oxygen atoms in total. The monoisotopic (exact) mass is 231 g/mol. The second-order valence-electron chi connectivity index (χ2n) is 5.20. The maximum absolute atomic E-state index is 3.89. The number of hydrogen-bond acceptors (Lipinski definition) is 1. The molecule has 0 spiro atoms. The van der Waals surface area contributed by atoms with E-state index >= 15 is 0 Å². The van der Waals surface area contributed by atoms with Crippen molar-refractivity contribution >= 4 is 0 Å². The van der Waals surface area contributed by atoms with E-state index in [9.17, 15) is 0 Å². The van der Waals surface area contributed by atoms with Crippen LogP contribution in [0, 0.1) is 0 Å². The zero-order valence-corrected chi connectivity index (χ0v) is 11.4. The molecule has 0 bridgehead atoms. The van der Waals surface area contributed by atoms with Gasteiger partial charge in [-0.2, -0.15) is 0 Å². The van der Waals surface area contributed by atoms with E-state index in [0.717, 1.165) is 19.4 Å². The normalized spacial score (nSPS) is 16.9. The van der Waals surface area contributed by atoms with Crippen LogP contribution in [0.15, 0.2) is 48.1 Å². The van der Waals surface area contributed by atoms with E-state index in [2.05, 4.69) is 57.0 Å². The SMILES string of the molecule is C=C/C(=C/C1=CCCC=C1)CNC(C)(C)CC. The maximum Gasteiger partial charge on any atom is 0.0210 e. The molecule has 0 aromatic rings. The third kappa shape index (κ3) is 5.18. The zero-order valence-electron chi connectivity index (χ0n) is 11.4. The molecule has 1 aliphatic carbocycles. The fourth-order valence-corrected chi connectivity index (χ4v) is 1.60. The van der Waals surface area contributed by atoms with Crippen molar-refractivity contribution in [3.8, 4) is 0 Å². The summed E-state index contributed by atoms with van der Waals surface area (Å²) in [5, 5.41) is 3.56. The highest BCUT2D eigenvalue weighted by Crippen LogP contribution is 2.14. The first-order chi connectivity index (χ1) is 8.07. The van der Waals surface area contributed by atoms with Gasteiger partial charge in [0.1, 0.15) is 0 Å². The lowest BCUT2D eigenvalue weighted by Crippen LogP contribution is -2.39. The molecule has 0 aromatic carbocycles. The number of allylic oxidation sites excluding steroid dienone is 5. The molecular weight excluding hydrogens is 206 g/mol. The van der Waals surface area contributed by atoms with E-state index in [-0.39, 0.29) is 5.54 Å². The van der Waals surface area contributed by atoms with Gasteiger partial charge in [0.15, 0.2) is 0 Å². The molecule has 0 heterocycles. The lowest BCUT2D eigenvalue weighted by molar-refractivity contribution is 0.392. The summed E-state index contributed by atoms with van der Waals surface area (Å²) in [7, 11) is 0. The van der Waals surface area contributed by atoms with Crippen LogP contribution in [0.2, 0.25) is 0 Å². The van der Waals surface area contributed by atoms with E-state index in [0.29, 0.717) is 0 Å². The quantitative estimate of drug-likeness (QED) is 0.677. The summed E-state index contributed by atoms with van der Waals surface area (Å²) < 4.78 is 0. The molecule has 1 rings (SSSR count). The molecule has 0 saturated heterocycles. The molecule has 1 N–H and O–H groups in total. The first-order valence-electron chi connectivity index (χ1n) is 6.52. The van der Waals surface area contributed by atoms with E-state index in [1.54, 1.807) is 0 Å². The summed E-state index contributed by atoms with van der Waals surface area (Å²) >= 11 is 0. The third-order valence-corrected chi connectivity index (χ3v) is 3.29. The van der Waals surface area contributed by atoms with Gasteiger partial charge in [-0.3, -0.25) is 0 Å². The average Bonchev–Trinajstić information content (AvgIpc) is 2.35. The van der Waals surface area contributed by atoms with Crippen LogP contribution in [0.1, 0.15) is 40.0 Å². The Morgan fingerprint density at radius 1 is 1.47 bits per heavy atom. The molecule has 94 valence electrons. The molecule has 0 atom stereocenters. The predicted molar refractivity (Wildman–Crippen MR) is 77.1 cm³/mol. The Balaban J connectivity index is 2.59. The van der Waals surface area contributed by atoms with Crippen LogP contribution in [0.4, 0.5) is 0 Å². The van der Waals surface area contributed by atoms with Crippen molar-refractivity contribution in [3.05, 3.63) is 48.1 Å². The number of hydrogen-bond donors (Lipinski definition) is 1.